The first kappa shape index (κ1) is 14.4. The van der Waals surface area contributed by atoms with Crippen molar-refractivity contribution in [3.63, 3.8) is 0 Å². The summed E-state index contributed by atoms with van der Waals surface area (Å²) in [5.41, 5.74) is 2.97. The summed E-state index contributed by atoms with van der Waals surface area (Å²) in [6.07, 6.45) is 4.68. The Bertz CT molecular complexity index is 379. The highest BCUT2D eigenvalue weighted by atomic mass is 16.5. The van der Waals surface area contributed by atoms with Gasteiger partial charge in [0.1, 0.15) is 5.75 Å². The molecule has 2 rings (SSSR count). The summed E-state index contributed by atoms with van der Waals surface area (Å²) in [6, 6.07) is 6.51. The molecular formula is C16H25NO2. The van der Waals surface area contributed by atoms with Crippen LogP contribution in [0.2, 0.25) is 0 Å². The molecule has 106 valence electrons. The van der Waals surface area contributed by atoms with Gasteiger partial charge in [0.05, 0.1) is 13.2 Å². The van der Waals surface area contributed by atoms with Crippen molar-refractivity contribution in [1.29, 1.82) is 0 Å². The van der Waals surface area contributed by atoms with Crippen LogP contribution in [0.15, 0.2) is 18.2 Å². The first-order chi connectivity index (χ1) is 9.40. The number of fused-ring (bicyclic) bond motifs is 1. The molecule has 0 atom stereocenters. The normalized spacial score (nSPS) is 13.5. The zero-order chi connectivity index (χ0) is 13.3. The maximum absolute atomic E-state index is 5.76. The van der Waals surface area contributed by atoms with Gasteiger partial charge in [-0.3, -0.25) is 0 Å². The maximum Gasteiger partial charge on any atom is 0.119 e. The predicted octanol–water partition coefficient (Wildman–Crippen LogP) is 2.57. The van der Waals surface area contributed by atoms with Crippen LogP contribution in [0, 0.1) is 0 Å². The molecular weight excluding hydrogens is 238 g/mol. The molecule has 0 aromatic heterocycles. The molecule has 0 fully saturated rings. The molecule has 19 heavy (non-hydrogen) atoms. The minimum absolute atomic E-state index is 0.736. The van der Waals surface area contributed by atoms with Gasteiger partial charge in [0.2, 0.25) is 0 Å². The molecule has 0 radical (unpaired) electrons. The van der Waals surface area contributed by atoms with Gasteiger partial charge >= 0.3 is 0 Å². The van der Waals surface area contributed by atoms with E-state index in [9.17, 15) is 0 Å². The monoisotopic (exact) mass is 263 g/mol. The molecule has 0 unspecified atom stereocenters. The molecule has 0 heterocycles. The quantitative estimate of drug-likeness (QED) is 0.695. The number of likely N-dealkylation sites (N-methyl/N-ethyl adjacent to an activating group) is 1. The molecule has 0 saturated carbocycles. The van der Waals surface area contributed by atoms with Crippen LogP contribution >= 0.6 is 0 Å². The van der Waals surface area contributed by atoms with Gasteiger partial charge in [-0.1, -0.05) is 13.0 Å². The number of benzene rings is 1. The second-order valence-electron chi connectivity index (χ2n) is 4.95. The van der Waals surface area contributed by atoms with E-state index in [0.717, 1.165) is 45.1 Å². The number of aryl methyl sites for hydroxylation is 2. The van der Waals surface area contributed by atoms with Crippen molar-refractivity contribution >= 4 is 0 Å². The van der Waals surface area contributed by atoms with E-state index in [2.05, 4.69) is 30.4 Å². The lowest BCUT2D eigenvalue weighted by Gasteiger charge is -2.08. The molecule has 0 aliphatic heterocycles. The standard InChI is InChI=1S/C16H25NO2/c1-2-17-9-12-18-10-4-11-19-16-8-7-14-5-3-6-15(14)13-16/h7-8,13,17H,2-6,9-12H2,1H3. The van der Waals surface area contributed by atoms with E-state index < -0.39 is 0 Å². The average Bonchev–Trinajstić information content (AvgIpc) is 2.89. The van der Waals surface area contributed by atoms with E-state index in [1.54, 1.807) is 0 Å². The van der Waals surface area contributed by atoms with Crippen molar-refractivity contribution in [3.05, 3.63) is 29.3 Å². The van der Waals surface area contributed by atoms with Crippen molar-refractivity contribution in [2.75, 3.05) is 32.9 Å². The van der Waals surface area contributed by atoms with E-state index in [1.807, 2.05) is 0 Å². The summed E-state index contributed by atoms with van der Waals surface area (Å²) >= 11 is 0. The Hall–Kier alpha value is -1.06. The van der Waals surface area contributed by atoms with Crippen LogP contribution in [-0.4, -0.2) is 32.9 Å². The third-order valence-corrected chi connectivity index (χ3v) is 3.44. The molecule has 0 bridgehead atoms. The summed E-state index contributed by atoms with van der Waals surface area (Å²) in [7, 11) is 0. The molecule has 1 aromatic carbocycles. The zero-order valence-electron chi connectivity index (χ0n) is 11.9. The molecule has 1 aliphatic rings. The second-order valence-corrected chi connectivity index (χ2v) is 4.95. The Morgan fingerprint density at radius 1 is 1.11 bits per heavy atom. The summed E-state index contributed by atoms with van der Waals surface area (Å²) in [6.45, 7) is 6.33. The lowest BCUT2D eigenvalue weighted by atomic mass is 10.1. The van der Waals surface area contributed by atoms with Gasteiger partial charge < -0.3 is 14.8 Å². The van der Waals surface area contributed by atoms with Gasteiger partial charge in [-0.2, -0.15) is 0 Å². The number of ether oxygens (including phenoxy) is 2. The van der Waals surface area contributed by atoms with E-state index in [1.165, 1.54) is 30.4 Å². The molecule has 0 saturated heterocycles. The maximum atomic E-state index is 5.76. The van der Waals surface area contributed by atoms with Crippen LogP contribution in [0.25, 0.3) is 0 Å². The Kier molecular flexibility index (Phi) is 6.18. The summed E-state index contributed by atoms with van der Waals surface area (Å²) in [4.78, 5) is 0. The minimum atomic E-state index is 0.736. The molecule has 0 spiro atoms. The number of nitrogens with one attached hydrogen (secondary N) is 1. The summed E-state index contributed by atoms with van der Waals surface area (Å²) < 4.78 is 11.3. The summed E-state index contributed by atoms with van der Waals surface area (Å²) in [5, 5.41) is 3.23. The van der Waals surface area contributed by atoms with Gasteiger partial charge in [-0.05, 0) is 49.1 Å². The molecule has 1 N–H and O–H groups in total. The van der Waals surface area contributed by atoms with Crippen molar-refractivity contribution < 1.29 is 9.47 Å². The molecule has 3 nitrogen and oxygen atoms in total. The van der Waals surface area contributed by atoms with Crippen molar-refractivity contribution in [2.24, 2.45) is 0 Å². The van der Waals surface area contributed by atoms with Gasteiger partial charge in [-0.15, -0.1) is 0 Å². The van der Waals surface area contributed by atoms with Crippen LogP contribution in [0.4, 0.5) is 0 Å². The Labute approximate surface area is 116 Å². The zero-order valence-corrected chi connectivity index (χ0v) is 11.9. The molecule has 0 amide bonds. The lowest BCUT2D eigenvalue weighted by Crippen LogP contribution is -2.19. The van der Waals surface area contributed by atoms with Crippen LogP contribution in [0.1, 0.15) is 30.9 Å². The molecule has 3 heteroatoms. The fourth-order valence-corrected chi connectivity index (χ4v) is 2.41. The van der Waals surface area contributed by atoms with E-state index in [-0.39, 0.29) is 0 Å². The van der Waals surface area contributed by atoms with Crippen LogP contribution in [-0.2, 0) is 17.6 Å². The summed E-state index contributed by atoms with van der Waals surface area (Å²) in [5.74, 6) is 1.01. The van der Waals surface area contributed by atoms with E-state index >= 15 is 0 Å². The number of hydrogen-bond donors (Lipinski definition) is 1. The fourth-order valence-electron chi connectivity index (χ4n) is 2.41. The Morgan fingerprint density at radius 2 is 2.00 bits per heavy atom. The van der Waals surface area contributed by atoms with Crippen molar-refractivity contribution in [3.8, 4) is 5.75 Å². The van der Waals surface area contributed by atoms with Gasteiger partial charge in [0.25, 0.3) is 0 Å². The topological polar surface area (TPSA) is 30.5 Å². The molecule has 1 aliphatic carbocycles. The lowest BCUT2D eigenvalue weighted by molar-refractivity contribution is 0.121. The predicted molar refractivity (Wildman–Crippen MR) is 77.9 cm³/mol. The smallest absolute Gasteiger partial charge is 0.119 e. The van der Waals surface area contributed by atoms with Crippen molar-refractivity contribution in [2.45, 2.75) is 32.6 Å². The third-order valence-electron chi connectivity index (χ3n) is 3.44. The highest BCUT2D eigenvalue weighted by Crippen LogP contribution is 2.25. The van der Waals surface area contributed by atoms with Crippen LogP contribution < -0.4 is 10.1 Å². The average molecular weight is 263 g/mol. The highest BCUT2D eigenvalue weighted by Gasteiger charge is 2.10. The van der Waals surface area contributed by atoms with Crippen molar-refractivity contribution in [1.82, 2.24) is 5.32 Å². The van der Waals surface area contributed by atoms with Gasteiger partial charge in [0, 0.05) is 19.6 Å². The highest BCUT2D eigenvalue weighted by molar-refractivity contribution is 5.38. The van der Waals surface area contributed by atoms with Crippen LogP contribution in [0.3, 0.4) is 0 Å². The molecule has 1 aromatic rings. The Morgan fingerprint density at radius 3 is 2.89 bits per heavy atom. The van der Waals surface area contributed by atoms with E-state index in [4.69, 9.17) is 9.47 Å². The van der Waals surface area contributed by atoms with Crippen LogP contribution in [0.5, 0.6) is 5.75 Å². The van der Waals surface area contributed by atoms with E-state index in [0.29, 0.717) is 0 Å². The first-order valence-electron chi connectivity index (χ1n) is 7.43. The number of rotatable bonds is 9. The first-order valence-corrected chi connectivity index (χ1v) is 7.43. The Balaban J connectivity index is 1.56. The largest absolute Gasteiger partial charge is 0.493 e. The minimum Gasteiger partial charge on any atom is -0.493 e. The number of hydrogen-bond acceptors (Lipinski definition) is 3. The third kappa shape index (κ3) is 4.84. The van der Waals surface area contributed by atoms with Gasteiger partial charge in [-0.25, -0.2) is 0 Å². The second kappa shape index (κ2) is 8.18. The van der Waals surface area contributed by atoms with Gasteiger partial charge in [0.15, 0.2) is 0 Å². The fraction of sp³-hybridized carbons (Fsp3) is 0.625. The SMILES string of the molecule is CCNCCOCCCOc1ccc2c(c1)CCC2.